The van der Waals surface area contributed by atoms with E-state index in [0.717, 1.165) is 11.1 Å². The van der Waals surface area contributed by atoms with Gasteiger partial charge in [-0.1, -0.05) is 30.3 Å². The third-order valence-corrected chi connectivity index (χ3v) is 3.70. The number of rotatable bonds is 4. The topological polar surface area (TPSA) is 74.7 Å². The summed E-state index contributed by atoms with van der Waals surface area (Å²) in [5.74, 6) is 0.0805. The molecule has 2 amide bonds. The highest BCUT2D eigenvalue weighted by Crippen LogP contribution is 2.15. The Labute approximate surface area is 140 Å². The van der Waals surface area contributed by atoms with Crippen molar-refractivity contribution in [3.63, 3.8) is 0 Å². The van der Waals surface area contributed by atoms with Crippen LogP contribution in [0.1, 0.15) is 24.0 Å². The lowest BCUT2D eigenvalue weighted by atomic mass is 10.1. The van der Waals surface area contributed by atoms with Crippen LogP contribution in [0.15, 0.2) is 53.8 Å². The van der Waals surface area contributed by atoms with Gasteiger partial charge in [0.15, 0.2) is 0 Å². The van der Waals surface area contributed by atoms with Crippen LogP contribution in [-0.4, -0.2) is 27.5 Å². The summed E-state index contributed by atoms with van der Waals surface area (Å²) in [4.78, 5) is 28.5. The molecule has 1 aromatic carbocycles. The predicted molar refractivity (Wildman–Crippen MR) is 91.3 cm³/mol. The van der Waals surface area contributed by atoms with Gasteiger partial charge in [0.2, 0.25) is 5.91 Å². The molecule has 0 spiro atoms. The Hall–Kier alpha value is -3.02. The molecule has 122 valence electrons. The summed E-state index contributed by atoms with van der Waals surface area (Å²) < 4.78 is 0. The first kappa shape index (κ1) is 15.9. The van der Waals surface area contributed by atoms with Crippen LogP contribution in [0.3, 0.4) is 0 Å². The van der Waals surface area contributed by atoms with E-state index >= 15 is 0 Å². The Morgan fingerprint density at radius 2 is 2.00 bits per heavy atom. The Bertz CT molecular complexity index is 787. The van der Waals surface area contributed by atoms with Crippen LogP contribution >= 0.6 is 0 Å². The molecule has 0 saturated carbocycles. The van der Waals surface area contributed by atoms with Crippen molar-refractivity contribution in [1.29, 1.82) is 0 Å². The number of aromatic nitrogens is 1. The molecule has 0 bridgehead atoms. The van der Waals surface area contributed by atoms with E-state index in [9.17, 15) is 9.59 Å². The first-order valence-electron chi connectivity index (χ1n) is 7.77. The summed E-state index contributed by atoms with van der Waals surface area (Å²) in [5, 5.41) is 8.33. The van der Waals surface area contributed by atoms with Gasteiger partial charge in [0, 0.05) is 19.0 Å². The van der Waals surface area contributed by atoms with Crippen LogP contribution in [0.2, 0.25) is 0 Å². The maximum atomic E-state index is 12.4. The lowest BCUT2D eigenvalue weighted by molar-refractivity contribution is -0.132. The molecule has 24 heavy (non-hydrogen) atoms. The molecule has 0 atom stereocenters. The van der Waals surface area contributed by atoms with E-state index in [-0.39, 0.29) is 18.2 Å². The summed E-state index contributed by atoms with van der Waals surface area (Å²) in [6, 6.07) is 13.2. The number of benzene rings is 1. The van der Waals surface area contributed by atoms with E-state index in [1.807, 2.05) is 43.3 Å². The fraction of sp³-hybridized carbons (Fsp3) is 0.222. The zero-order valence-electron chi connectivity index (χ0n) is 13.4. The van der Waals surface area contributed by atoms with Crippen molar-refractivity contribution >= 4 is 23.3 Å². The van der Waals surface area contributed by atoms with Crippen LogP contribution in [-0.2, 0) is 16.1 Å². The van der Waals surface area contributed by atoms with Gasteiger partial charge in [-0.2, -0.15) is 5.10 Å². The first-order chi connectivity index (χ1) is 11.6. The van der Waals surface area contributed by atoms with Crippen LogP contribution in [0.5, 0.6) is 0 Å². The minimum atomic E-state index is -0.321. The van der Waals surface area contributed by atoms with Gasteiger partial charge in [0.05, 0.1) is 6.54 Å². The molecule has 1 N–H and O–H groups in total. The zero-order chi connectivity index (χ0) is 16.9. The van der Waals surface area contributed by atoms with E-state index in [0.29, 0.717) is 24.5 Å². The summed E-state index contributed by atoms with van der Waals surface area (Å²) >= 11 is 0. The van der Waals surface area contributed by atoms with Crippen molar-refractivity contribution in [2.75, 3.05) is 5.32 Å². The smallest absolute Gasteiger partial charge is 0.273 e. The Morgan fingerprint density at radius 1 is 1.21 bits per heavy atom. The lowest BCUT2D eigenvalue weighted by Crippen LogP contribution is -2.36. The third kappa shape index (κ3) is 3.84. The molecular formula is C18H18N4O2. The van der Waals surface area contributed by atoms with Gasteiger partial charge >= 0.3 is 0 Å². The summed E-state index contributed by atoms with van der Waals surface area (Å²) in [7, 11) is 0. The Kier molecular flexibility index (Phi) is 4.65. The van der Waals surface area contributed by atoms with Gasteiger partial charge in [-0.3, -0.25) is 9.59 Å². The summed E-state index contributed by atoms with van der Waals surface area (Å²) in [5.41, 5.74) is 2.32. The highest BCUT2D eigenvalue weighted by Gasteiger charge is 2.24. The van der Waals surface area contributed by atoms with E-state index in [4.69, 9.17) is 0 Å². The molecule has 1 aliphatic heterocycles. The number of amides is 2. The predicted octanol–water partition coefficient (Wildman–Crippen LogP) is 2.51. The van der Waals surface area contributed by atoms with Gasteiger partial charge in [0.25, 0.3) is 5.91 Å². The fourth-order valence-corrected chi connectivity index (χ4v) is 2.44. The van der Waals surface area contributed by atoms with Crippen molar-refractivity contribution in [2.45, 2.75) is 26.3 Å². The standard InChI is InChI=1S/C18H18N4O2/c1-13-9-10-19-16(11-13)20-18(24)15-7-8-17(23)22(21-15)12-14-5-3-2-4-6-14/h2-6,9-11H,7-8,12H2,1H3,(H,19,20,24). The molecule has 0 aliphatic carbocycles. The molecule has 0 saturated heterocycles. The number of carbonyl (C=O) groups is 2. The minimum Gasteiger partial charge on any atom is -0.305 e. The largest absolute Gasteiger partial charge is 0.305 e. The van der Waals surface area contributed by atoms with Crippen molar-refractivity contribution in [2.24, 2.45) is 5.10 Å². The molecular weight excluding hydrogens is 304 g/mol. The number of hydrogen-bond donors (Lipinski definition) is 1. The molecule has 6 nitrogen and oxygen atoms in total. The number of pyridine rings is 1. The van der Waals surface area contributed by atoms with Crippen LogP contribution < -0.4 is 5.32 Å². The number of aryl methyl sites for hydroxylation is 1. The second-order valence-electron chi connectivity index (χ2n) is 5.66. The van der Waals surface area contributed by atoms with Gasteiger partial charge < -0.3 is 5.32 Å². The molecule has 2 aromatic rings. The second kappa shape index (κ2) is 7.04. The summed E-state index contributed by atoms with van der Waals surface area (Å²) in [6.45, 7) is 2.29. The number of nitrogens with zero attached hydrogens (tertiary/aromatic N) is 3. The van der Waals surface area contributed by atoms with Crippen molar-refractivity contribution in [3.8, 4) is 0 Å². The van der Waals surface area contributed by atoms with Crippen molar-refractivity contribution < 1.29 is 9.59 Å². The molecule has 1 aliphatic rings. The minimum absolute atomic E-state index is 0.0796. The van der Waals surface area contributed by atoms with E-state index in [1.165, 1.54) is 5.01 Å². The van der Waals surface area contributed by atoms with Crippen LogP contribution in [0.25, 0.3) is 0 Å². The molecule has 0 radical (unpaired) electrons. The monoisotopic (exact) mass is 322 g/mol. The lowest BCUT2D eigenvalue weighted by Gasteiger charge is -2.23. The summed E-state index contributed by atoms with van der Waals surface area (Å²) in [6.07, 6.45) is 2.25. The van der Waals surface area contributed by atoms with Gasteiger partial charge in [0.1, 0.15) is 11.5 Å². The van der Waals surface area contributed by atoms with Gasteiger partial charge in [-0.25, -0.2) is 9.99 Å². The molecule has 1 aromatic heterocycles. The molecule has 6 heteroatoms. The van der Waals surface area contributed by atoms with E-state index in [1.54, 1.807) is 12.3 Å². The van der Waals surface area contributed by atoms with Gasteiger partial charge in [-0.05, 0) is 30.2 Å². The number of carbonyl (C=O) groups excluding carboxylic acids is 2. The number of anilines is 1. The molecule has 0 unspecified atom stereocenters. The quantitative estimate of drug-likeness (QED) is 0.940. The van der Waals surface area contributed by atoms with Crippen LogP contribution in [0, 0.1) is 6.92 Å². The highest BCUT2D eigenvalue weighted by molar-refractivity contribution is 6.43. The number of hydrogen-bond acceptors (Lipinski definition) is 4. The second-order valence-corrected chi connectivity index (χ2v) is 5.66. The SMILES string of the molecule is Cc1ccnc(NC(=O)C2=NN(Cc3ccccc3)C(=O)CC2)c1. The Morgan fingerprint density at radius 3 is 2.75 bits per heavy atom. The average Bonchev–Trinajstić information content (AvgIpc) is 2.58. The average molecular weight is 322 g/mol. The first-order valence-corrected chi connectivity index (χ1v) is 7.77. The zero-order valence-corrected chi connectivity index (χ0v) is 13.4. The maximum absolute atomic E-state index is 12.4. The fourth-order valence-electron chi connectivity index (χ4n) is 2.44. The third-order valence-electron chi connectivity index (χ3n) is 3.70. The number of hydrazone groups is 1. The van der Waals surface area contributed by atoms with Crippen molar-refractivity contribution in [3.05, 3.63) is 59.8 Å². The molecule has 0 fully saturated rings. The normalized spacial score (nSPS) is 14.3. The Balaban J connectivity index is 1.73. The van der Waals surface area contributed by atoms with Crippen LogP contribution in [0.4, 0.5) is 5.82 Å². The van der Waals surface area contributed by atoms with Gasteiger partial charge in [-0.15, -0.1) is 0 Å². The van der Waals surface area contributed by atoms with E-state index < -0.39 is 0 Å². The highest BCUT2D eigenvalue weighted by atomic mass is 16.2. The molecule has 3 rings (SSSR count). The van der Waals surface area contributed by atoms with E-state index in [2.05, 4.69) is 15.4 Å². The molecule has 2 heterocycles. The van der Waals surface area contributed by atoms with Crippen molar-refractivity contribution in [1.82, 2.24) is 9.99 Å². The maximum Gasteiger partial charge on any atom is 0.273 e. The number of nitrogens with one attached hydrogen (secondary N) is 1.